The van der Waals surface area contributed by atoms with E-state index in [1.807, 2.05) is 0 Å². The Labute approximate surface area is 133 Å². The molecule has 1 aliphatic heterocycles. The molecule has 0 aliphatic carbocycles. The first-order chi connectivity index (χ1) is 10.8. The standard InChI is InChI=1S/C12H12ClFN6O3/c13-12(14)8(22)6(3-21)23-11(12,4-15)7-2-1-5-9(16)18-10(17)19-20(5)7/h1-2,6,8,21-22H,3H2,(H4,16,17,18,19)/t6-,8?,11+,12-/m1/s1. The van der Waals surface area contributed by atoms with Crippen molar-refractivity contribution in [2.75, 3.05) is 18.1 Å². The second kappa shape index (κ2) is 4.90. The van der Waals surface area contributed by atoms with Gasteiger partial charge in [0.15, 0.2) is 5.82 Å². The number of fused-ring (bicyclic) bond motifs is 1. The normalized spacial score (nSPS) is 33.9. The van der Waals surface area contributed by atoms with Crippen molar-refractivity contribution in [3.05, 3.63) is 17.8 Å². The van der Waals surface area contributed by atoms with E-state index in [0.717, 1.165) is 4.52 Å². The minimum Gasteiger partial charge on any atom is -0.394 e. The highest BCUT2D eigenvalue weighted by Gasteiger charge is 2.69. The van der Waals surface area contributed by atoms with E-state index in [2.05, 4.69) is 10.1 Å². The lowest BCUT2D eigenvalue weighted by Crippen LogP contribution is -2.46. The Kier molecular flexibility index (Phi) is 3.35. The van der Waals surface area contributed by atoms with E-state index in [1.54, 1.807) is 6.07 Å². The summed E-state index contributed by atoms with van der Waals surface area (Å²) in [7, 11) is 0. The number of nitriles is 1. The number of aliphatic hydroxyl groups is 2. The van der Waals surface area contributed by atoms with E-state index in [9.17, 15) is 19.9 Å². The molecule has 2 aromatic rings. The highest BCUT2D eigenvalue weighted by atomic mass is 35.5. The molecule has 2 aromatic heterocycles. The largest absolute Gasteiger partial charge is 0.394 e. The Bertz CT molecular complexity index is 821. The van der Waals surface area contributed by atoms with Gasteiger partial charge in [0, 0.05) is 0 Å². The molecule has 3 heterocycles. The van der Waals surface area contributed by atoms with Crippen LogP contribution in [-0.2, 0) is 10.3 Å². The van der Waals surface area contributed by atoms with Gasteiger partial charge in [-0.1, -0.05) is 11.6 Å². The Hall–Kier alpha value is -2.19. The highest BCUT2D eigenvalue weighted by molar-refractivity contribution is 6.24. The number of ether oxygens (including phenoxy) is 1. The van der Waals surface area contributed by atoms with Gasteiger partial charge in [0.25, 0.3) is 5.13 Å². The minimum absolute atomic E-state index is 0.00752. The zero-order valence-electron chi connectivity index (χ0n) is 11.5. The maximum Gasteiger partial charge on any atom is 0.259 e. The molecule has 0 bridgehead atoms. The molecule has 0 amide bonds. The SMILES string of the molecule is N#C[C@@]1(c2ccc3c(N)nc(N)nn23)O[C@H](CO)C(O)[C@]1(F)Cl. The number of alkyl halides is 2. The predicted octanol–water partition coefficient (Wildman–Crippen LogP) is -0.731. The smallest absolute Gasteiger partial charge is 0.259 e. The third-order valence-corrected chi connectivity index (χ3v) is 4.26. The van der Waals surface area contributed by atoms with Gasteiger partial charge in [-0.05, 0) is 12.1 Å². The average Bonchev–Trinajstić information content (AvgIpc) is 2.99. The van der Waals surface area contributed by atoms with E-state index in [1.165, 1.54) is 12.1 Å². The Balaban J connectivity index is 2.29. The van der Waals surface area contributed by atoms with E-state index in [4.69, 9.17) is 27.8 Å². The number of aliphatic hydroxyl groups excluding tert-OH is 2. The third kappa shape index (κ3) is 1.88. The van der Waals surface area contributed by atoms with Crippen molar-refractivity contribution in [2.45, 2.75) is 22.9 Å². The fraction of sp³-hybridized carbons (Fsp3) is 0.417. The average molecular weight is 343 g/mol. The summed E-state index contributed by atoms with van der Waals surface area (Å²) < 4.78 is 21.3. The fourth-order valence-corrected chi connectivity index (χ4v) is 2.96. The molecule has 122 valence electrons. The first-order valence-corrected chi connectivity index (χ1v) is 6.83. The number of halogens is 2. The lowest BCUT2D eigenvalue weighted by Gasteiger charge is -2.28. The number of nitrogens with two attached hydrogens (primary N) is 2. The molecule has 9 nitrogen and oxygen atoms in total. The van der Waals surface area contributed by atoms with Crippen LogP contribution in [0.1, 0.15) is 5.69 Å². The summed E-state index contributed by atoms with van der Waals surface area (Å²) in [5.41, 5.74) is 8.92. The first kappa shape index (κ1) is 15.7. The molecule has 0 saturated carbocycles. The summed E-state index contributed by atoms with van der Waals surface area (Å²) in [6.45, 7) is -0.731. The zero-order chi connectivity index (χ0) is 17.0. The van der Waals surface area contributed by atoms with Crippen molar-refractivity contribution in [3.8, 4) is 6.07 Å². The maximum absolute atomic E-state index is 15.0. The van der Waals surface area contributed by atoms with Gasteiger partial charge in [-0.2, -0.15) is 10.2 Å². The molecule has 4 atom stereocenters. The lowest BCUT2D eigenvalue weighted by atomic mass is 9.93. The number of hydrogen-bond acceptors (Lipinski definition) is 8. The molecule has 1 fully saturated rings. The zero-order valence-corrected chi connectivity index (χ0v) is 12.3. The lowest BCUT2D eigenvalue weighted by molar-refractivity contribution is -0.0602. The topological polar surface area (TPSA) is 156 Å². The Morgan fingerprint density at radius 2 is 2.22 bits per heavy atom. The first-order valence-electron chi connectivity index (χ1n) is 6.45. The van der Waals surface area contributed by atoms with Crippen molar-refractivity contribution < 1.29 is 19.3 Å². The molecule has 1 aliphatic rings. The van der Waals surface area contributed by atoms with Gasteiger partial charge in [-0.15, -0.1) is 5.10 Å². The van der Waals surface area contributed by atoms with Crippen LogP contribution >= 0.6 is 11.6 Å². The van der Waals surface area contributed by atoms with Crippen LogP contribution < -0.4 is 11.5 Å². The van der Waals surface area contributed by atoms with E-state index >= 15 is 0 Å². The molecule has 11 heteroatoms. The monoisotopic (exact) mass is 342 g/mol. The number of nitrogen functional groups attached to an aromatic ring is 2. The van der Waals surface area contributed by atoms with Crippen LogP contribution in [0.5, 0.6) is 0 Å². The molecule has 3 rings (SSSR count). The molecule has 0 radical (unpaired) electrons. The predicted molar refractivity (Wildman–Crippen MR) is 76.8 cm³/mol. The summed E-state index contributed by atoms with van der Waals surface area (Å²) in [4.78, 5) is 3.76. The van der Waals surface area contributed by atoms with Gasteiger partial charge in [-0.3, -0.25) is 0 Å². The Morgan fingerprint density at radius 3 is 2.78 bits per heavy atom. The van der Waals surface area contributed by atoms with Crippen molar-refractivity contribution in [1.29, 1.82) is 5.26 Å². The van der Waals surface area contributed by atoms with Gasteiger partial charge in [0.1, 0.15) is 23.8 Å². The molecular weight excluding hydrogens is 331 g/mol. The number of anilines is 2. The second-order valence-electron chi connectivity index (χ2n) is 5.07. The second-order valence-corrected chi connectivity index (χ2v) is 5.62. The van der Waals surface area contributed by atoms with Crippen molar-refractivity contribution in [1.82, 2.24) is 14.6 Å². The van der Waals surface area contributed by atoms with E-state index in [-0.39, 0.29) is 23.0 Å². The van der Waals surface area contributed by atoms with Crippen LogP contribution in [0.15, 0.2) is 12.1 Å². The molecule has 23 heavy (non-hydrogen) atoms. The van der Waals surface area contributed by atoms with Crippen LogP contribution in [0.25, 0.3) is 5.52 Å². The van der Waals surface area contributed by atoms with Gasteiger partial charge in [0.05, 0.1) is 12.3 Å². The number of rotatable bonds is 2. The van der Waals surface area contributed by atoms with Crippen molar-refractivity contribution >= 4 is 28.9 Å². The molecule has 0 spiro atoms. The Morgan fingerprint density at radius 1 is 1.52 bits per heavy atom. The highest BCUT2D eigenvalue weighted by Crippen LogP contribution is 2.52. The molecule has 0 aromatic carbocycles. The van der Waals surface area contributed by atoms with Crippen molar-refractivity contribution in [3.63, 3.8) is 0 Å². The molecule has 1 unspecified atom stereocenters. The van der Waals surface area contributed by atoms with Crippen LogP contribution in [-0.4, -0.2) is 48.8 Å². The van der Waals surface area contributed by atoms with E-state index in [0.29, 0.717) is 0 Å². The molecule has 1 saturated heterocycles. The maximum atomic E-state index is 15.0. The summed E-state index contributed by atoms with van der Waals surface area (Å²) in [6, 6.07) is 4.37. The summed E-state index contributed by atoms with van der Waals surface area (Å²) >= 11 is 5.79. The summed E-state index contributed by atoms with van der Waals surface area (Å²) in [5.74, 6) is -0.204. The minimum atomic E-state index is -3.03. The van der Waals surface area contributed by atoms with Crippen LogP contribution in [0, 0.1) is 11.3 Å². The van der Waals surface area contributed by atoms with Crippen LogP contribution in [0.3, 0.4) is 0 Å². The third-order valence-electron chi connectivity index (χ3n) is 3.77. The number of aromatic nitrogens is 3. The fourth-order valence-electron chi connectivity index (χ4n) is 2.64. The molecule has 6 N–H and O–H groups in total. The van der Waals surface area contributed by atoms with Gasteiger partial charge < -0.3 is 26.4 Å². The van der Waals surface area contributed by atoms with Crippen LogP contribution in [0.4, 0.5) is 16.2 Å². The van der Waals surface area contributed by atoms with Crippen molar-refractivity contribution in [2.24, 2.45) is 0 Å². The van der Waals surface area contributed by atoms with Gasteiger partial charge in [-0.25, -0.2) is 8.91 Å². The number of hydrogen-bond donors (Lipinski definition) is 4. The van der Waals surface area contributed by atoms with Gasteiger partial charge >= 0.3 is 0 Å². The summed E-state index contributed by atoms with van der Waals surface area (Å²) in [6.07, 6.45) is -3.32. The van der Waals surface area contributed by atoms with Crippen LogP contribution in [0.2, 0.25) is 0 Å². The summed E-state index contributed by atoms with van der Waals surface area (Å²) in [5, 5.41) is 29.5. The number of nitrogens with zero attached hydrogens (tertiary/aromatic N) is 4. The molecular formula is C12H12ClFN6O3. The van der Waals surface area contributed by atoms with Gasteiger partial charge in [0.2, 0.25) is 11.5 Å². The van der Waals surface area contributed by atoms with E-state index < -0.39 is 29.5 Å². The quantitative estimate of drug-likeness (QED) is 0.520.